The number of hydrogen-bond acceptors (Lipinski definition) is 4. The summed E-state index contributed by atoms with van der Waals surface area (Å²) in [5, 5.41) is 6.91. The summed E-state index contributed by atoms with van der Waals surface area (Å²) < 4.78 is 11.8. The van der Waals surface area contributed by atoms with E-state index in [0.29, 0.717) is 5.92 Å². The Morgan fingerprint density at radius 2 is 1.96 bits per heavy atom. The molecule has 2 heterocycles. The Labute approximate surface area is 187 Å². The van der Waals surface area contributed by atoms with Gasteiger partial charge in [0.05, 0.1) is 12.1 Å². The SMILES string of the molecule is CCOC(CCNC(=NC)NCC(c1ccc(C)o1)N1CCCC1)C(C)C.I. The highest BCUT2D eigenvalue weighted by molar-refractivity contribution is 14.0. The van der Waals surface area contributed by atoms with Crippen LogP contribution in [-0.2, 0) is 4.74 Å². The van der Waals surface area contributed by atoms with E-state index in [9.17, 15) is 0 Å². The lowest BCUT2D eigenvalue weighted by Crippen LogP contribution is -2.43. The zero-order chi connectivity index (χ0) is 19.6. The van der Waals surface area contributed by atoms with Crippen molar-refractivity contribution in [3.05, 3.63) is 23.7 Å². The molecule has 0 aromatic carbocycles. The highest BCUT2D eigenvalue weighted by Crippen LogP contribution is 2.26. The molecule has 1 saturated heterocycles. The van der Waals surface area contributed by atoms with Gasteiger partial charge >= 0.3 is 0 Å². The Bertz CT molecular complexity index is 571. The van der Waals surface area contributed by atoms with Gasteiger partial charge < -0.3 is 19.8 Å². The molecule has 0 spiro atoms. The lowest BCUT2D eigenvalue weighted by Gasteiger charge is -2.27. The van der Waals surface area contributed by atoms with Gasteiger partial charge in [0.1, 0.15) is 11.5 Å². The largest absolute Gasteiger partial charge is 0.465 e. The third-order valence-corrected chi connectivity index (χ3v) is 5.20. The molecule has 0 saturated carbocycles. The van der Waals surface area contributed by atoms with Gasteiger partial charge in [0, 0.05) is 26.7 Å². The van der Waals surface area contributed by atoms with Crippen molar-refractivity contribution in [1.29, 1.82) is 0 Å². The quantitative estimate of drug-likeness (QED) is 0.286. The summed E-state index contributed by atoms with van der Waals surface area (Å²) in [7, 11) is 1.82. The number of nitrogens with zero attached hydrogens (tertiary/aromatic N) is 2. The van der Waals surface area contributed by atoms with Crippen molar-refractivity contribution in [3.8, 4) is 0 Å². The minimum atomic E-state index is 0. The van der Waals surface area contributed by atoms with Crippen LogP contribution in [0.2, 0.25) is 0 Å². The van der Waals surface area contributed by atoms with Crippen LogP contribution < -0.4 is 10.6 Å². The zero-order valence-electron chi connectivity index (χ0n) is 18.2. The van der Waals surface area contributed by atoms with E-state index in [2.05, 4.69) is 47.4 Å². The Hall–Kier alpha value is -0.800. The van der Waals surface area contributed by atoms with Crippen molar-refractivity contribution in [2.75, 3.05) is 39.8 Å². The number of aliphatic imine (C=N–C) groups is 1. The van der Waals surface area contributed by atoms with E-state index in [-0.39, 0.29) is 36.1 Å². The summed E-state index contributed by atoms with van der Waals surface area (Å²) in [5.41, 5.74) is 0. The smallest absolute Gasteiger partial charge is 0.191 e. The van der Waals surface area contributed by atoms with Gasteiger partial charge in [-0.3, -0.25) is 9.89 Å². The number of aryl methyl sites for hydroxylation is 1. The first-order valence-electron chi connectivity index (χ1n) is 10.4. The molecule has 6 nitrogen and oxygen atoms in total. The number of hydrogen-bond donors (Lipinski definition) is 2. The van der Waals surface area contributed by atoms with E-state index in [1.165, 1.54) is 12.8 Å². The molecule has 2 unspecified atom stereocenters. The molecule has 0 amide bonds. The first-order chi connectivity index (χ1) is 13.0. The molecular formula is C21H39IN4O2. The molecule has 2 rings (SSSR count). The standard InChI is InChI=1S/C21H38N4O2.HI/c1-6-26-19(16(2)3)11-12-23-21(22-5)24-15-18(25-13-7-8-14-25)20-10-9-17(4)27-20;/h9-10,16,18-19H,6-8,11-15H2,1-5H3,(H2,22,23,24);1H. The number of nitrogens with one attached hydrogen (secondary N) is 2. The summed E-state index contributed by atoms with van der Waals surface area (Å²) in [6, 6.07) is 4.39. The second-order valence-electron chi connectivity index (χ2n) is 7.61. The van der Waals surface area contributed by atoms with Gasteiger partial charge in [-0.25, -0.2) is 0 Å². The van der Waals surface area contributed by atoms with E-state index in [0.717, 1.165) is 56.7 Å². The van der Waals surface area contributed by atoms with Crippen LogP contribution >= 0.6 is 24.0 Å². The number of ether oxygens (including phenoxy) is 1. The maximum atomic E-state index is 5.93. The van der Waals surface area contributed by atoms with Crippen molar-refractivity contribution >= 4 is 29.9 Å². The minimum absolute atomic E-state index is 0. The van der Waals surface area contributed by atoms with E-state index >= 15 is 0 Å². The summed E-state index contributed by atoms with van der Waals surface area (Å²) in [6.07, 6.45) is 3.78. The zero-order valence-corrected chi connectivity index (χ0v) is 20.5. The van der Waals surface area contributed by atoms with Crippen LogP contribution in [0.5, 0.6) is 0 Å². The molecule has 162 valence electrons. The maximum Gasteiger partial charge on any atom is 0.191 e. The van der Waals surface area contributed by atoms with Crippen LogP contribution in [0.3, 0.4) is 0 Å². The van der Waals surface area contributed by atoms with Gasteiger partial charge in [-0.1, -0.05) is 13.8 Å². The van der Waals surface area contributed by atoms with Crippen molar-refractivity contribution < 1.29 is 9.15 Å². The molecule has 0 radical (unpaired) electrons. The van der Waals surface area contributed by atoms with Crippen LogP contribution in [0.4, 0.5) is 0 Å². The Balaban J connectivity index is 0.00000392. The number of halogens is 1. The first kappa shape index (κ1) is 25.2. The fourth-order valence-corrected chi connectivity index (χ4v) is 3.67. The third kappa shape index (κ3) is 7.91. The second-order valence-corrected chi connectivity index (χ2v) is 7.61. The topological polar surface area (TPSA) is 62.0 Å². The fourth-order valence-electron chi connectivity index (χ4n) is 3.67. The van der Waals surface area contributed by atoms with Crippen LogP contribution in [-0.4, -0.2) is 56.8 Å². The van der Waals surface area contributed by atoms with Gasteiger partial charge in [-0.2, -0.15) is 0 Å². The average Bonchev–Trinajstić information content (AvgIpc) is 3.31. The molecule has 28 heavy (non-hydrogen) atoms. The molecule has 0 aliphatic carbocycles. The van der Waals surface area contributed by atoms with Crippen LogP contribution in [0.25, 0.3) is 0 Å². The van der Waals surface area contributed by atoms with Gasteiger partial charge in [0.2, 0.25) is 0 Å². The molecule has 1 aromatic rings. The number of guanidine groups is 1. The first-order valence-corrected chi connectivity index (χ1v) is 10.4. The predicted octanol–water partition coefficient (Wildman–Crippen LogP) is 3.96. The highest BCUT2D eigenvalue weighted by atomic mass is 127. The lowest BCUT2D eigenvalue weighted by molar-refractivity contribution is 0.0258. The average molecular weight is 506 g/mol. The third-order valence-electron chi connectivity index (χ3n) is 5.20. The molecule has 2 atom stereocenters. The van der Waals surface area contributed by atoms with Crippen molar-refractivity contribution in [1.82, 2.24) is 15.5 Å². The summed E-state index contributed by atoms with van der Waals surface area (Å²) in [5.74, 6) is 3.35. The normalized spacial score (nSPS) is 17.4. The van der Waals surface area contributed by atoms with Crippen molar-refractivity contribution in [2.24, 2.45) is 10.9 Å². The number of rotatable bonds is 10. The van der Waals surface area contributed by atoms with Gasteiger partial charge in [0.25, 0.3) is 0 Å². The predicted molar refractivity (Wildman–Crippen MR) is 127 cm³/mol. The number of furan rings is 1. The Kier molecular flexibility index (Phi) is 12.1. The fraction of sp³-hybridized carbons (Fsp3) is 0.762. The maximum absolute atomic E-state index is 5.93. The molecule has 0 bridgehead atoms. The van der Waals surface area contributed by atoms with Crippen LogP contribution in [0, 0.1) is 12.8 Å². The Morgan fingerprint density at radius 1 is 1.25 bits per heavy atom. The Morgan fingerprint density at radius 3 is 2.50 bits per heavy atom. The molecule has 7 heteroatoms. The van der Waals surface area contributed by atoms with Crippen LogP contribution in [0.15, 0.2) is 21.5 Å². The van der Waals surface area contributed by atoms with E-state index < -0.39 is 0 Å². The molecule has 2 N–H and O–H groups in total. The minimum Gasteiger partial charge on any atom is -0.465 e. The second kappa shape index (κ2) is 13.4. The van der Waals surface area contributed by atoms with Gasteiger partial charge in [0.15, 0.2) is 5.96 Å². The summed E-state index contributed by atoms with van der Waals surface area (Å²) in [6.45, 7) is 13.1. The molecule has 1 fully saturated rings. The van der Waals surface area contributed by atoms with E-state index in [1.807, 2.05) is 20.0 Å². The van der Waals surface area contributed by atoms with E-state index in [1.54, 1.807) is 0 Å². The van der Waals surface area contributed by atoms with Crippen LogP contribution in [0.1, 0.15) is 57.6 Å². The molecular weight excluding hydrogens is 467 g/mol. The van der Waals surface area contributed by atoms with E-state index in [4.69, 9.17) is 9.15 Å². The molecule has 1 aliphatic rings. The number of likely N-dealkylation sites (tertiary alicyclic amines) is 1. The summed E-state index contributed by atoms with van der Waals surface area (Å²) in [4.78, 5) is 6.88. The summed E-state index contributed by atoms with van der Waals surface area (Å²) >= 11 is 0. The van der Waals surface area contributed by atoms with Gasteiger partial charge in [-0.15, -0.1) is 24.0 Å². The highest BCUT2D eigenvalue weighted by Gasteiger charge is 2.26. The monoisotopic (exact) mass is 506 g/mol. The van der Waals surface area contributed by atoms with Gasteiger partial charge in [-0.05, 0) is 64.3 Å². The van der Waals surface area contributed by atoms with Crippen molar-refractivity contribution in [3.63, 3.8) is 0 Å². The molecule has 1 aromatic heterocycles. The molecule has 1 aliphatic heterocycles. The lowest BCUT2D eigenvalue weighted by atomic mass is 10.0. The van der Waals surface area contributed by atoms with Crippen molar-refractivity contribution in [2.45, 2.75) is 59.1 Å².